The third kappa shape index (κ3) is 3.00. The monoisotopic (exact) mass is 399 g/mol. The molecule has 30 heavy (non-hydrogen) atoms. The van der Waals surface area contributed by atoms with Gasteiger partial charge in [0.25, 0.3) is 5.91 Å². The van der Waals surface area contributed by atoms with Gasteiger partial charge in [-0.2, -0.15) is 0 Å². The quantitative estimate of drug-likeness (QED) is 0.488. The first-order chi connectivity index (χ1) is 14.6. The zero-order valence-corrected chi connectivity index (χ0v) is 16.4. The number of aromatic nitrogens is 1. The average molecular weight is 399 g/mol. The van der Waals surface area contributed by atoms with Gasteiger partial charge in [0, 0.05) is 24.4 Å². The fourth-order valence-electron chi connectivity index (χ4n) is 3.92. The SMILES string of the molecule is Cc1cn2c(C(N)=O)cccc2c1C1N=C(NCc2ccccc2)c2occc2N1. The minimum atomic E-state index is -0.468. The number of amides is 1. The fourth-order valence-corrected chi connectivity index (χ4v) is 3.92. The molecular weight excluding hydrogens is 378 g/mol. The number of carbonyl (C=O) groups is 1. The largest absolute Gasteiger partial charge is 0.459 e. The molecule has 1 aliphatic rings. The Morgan fingerprint density at radius 3 is 2.83 bits per heavy atom. The summed E-state index contributed by atoms with van der Waals surface area (Å²) in [6.07, 6.45) is 3.24. The van der Waals surface area contributed by atoms with Crippen LogP contribution in [0.4, 0.5) is 5.69 Å². The number of amidine groups is 1. The molecule has 0 fully saturated rings. The number of benzene rings is 1. The first kappa shape index (κ1) is 18.1. The average Bonchev–Trinajstić information content (AvgIpc) is 3.35. The van der Waals surface area contributed by atoms with E-state index in [4.69, 9.17) is 15.1 Å². The summed E-state index contributed by atoms with van der Waals surface area (Å²) in [7, 11) is 0. The van der Waals surface area contributed by atoms with Crippen molar-refractivity contribution in [3.8, 4) is 0 Å². The van der Waals surface area contributed by atoms with Gasteiger partial charge in [0.05, 0.1) is 17.5 Å². The van der Waals surface area contributed by atoms with Crippen molar-refractivity contribution in [2.24, 2.45) is 10.7 Å². The van der Waals surface area contributed by atoms with Crippen molar-refractivity contribution < 1.29 is 9.21 Å². The van der Waals surface area contributed by atoms with Crippen LogP contribution < -0.4 is 16.4 Å². The highest BCUT2D eigenvalue weighted by Gasteiger charge is 2.27. The van der Waals surface area contributed by atoms with Gasteiger partial charge in [-0.15, -0.1) is 0 Å². The first-order valence-corrected chi connectivity index (χ1v) is 9.72. The zero-order chi connectivity index (χ0) is 20.7. The third-order valence-corrected chi connectivity index (χ3v) is 5.31. The highest BCUT2D eigenvalue weighted by Crippen LogP contribution is 2.34. The van der Waals surface area contributed by atoms with Crippen molar-refractivity contribution in [1.29, 1.82) is 0 Å². The molecule has 7 nitrogen and oxygen atoms in total. The van der Waals surface area contributed by atoms with Crippen molar-refractivity contribution in [3.05, 3.63) is 95.2 Å². The molecule has 0 saturated carbocycles. The number of nitrogens with one attached hydrogen (secondary N) is 2. The predicted molar refractivity (Wildman–Crippen MR) is 116 cm³/mol. The minimum Gasteiger partial charge on any atom is -0.459 e. The molecule has 0 radical (unpaired) electrons. The molecule has 1 atom stereocenters. The normalized spacial score (nSPS) is 15.4. The molecule has 0 bridgehead atoms. The Balaban J connectivity index is 1.55. The third-order valence-electron chi connectivity index (χ3n) is 5.31. The second-order valence-electron chi connectivity index (χ2n) is 7.28. The van der Waals surface area contributed by atoms with Crippen molar-refractivity contribution in [2.45, 2.75) is 19.6 Å². The molecule has 7 heteroatoms. The number of hydrogen-bond acceptors (Lipinski definition) is 5. The van der Waals surface area contributed by atoms with Crippen LogP contribution in [0.2, 0.25) is 0 Å². The summed E-state index contributed by atoms with van der Waals surface area (Å²) in [6.45, 7) is 2.64. The van der Waals surface area contributed by atoms with E-state index in [1.54, 1.807) is 12.3 Å². The molecule has 0 saturated heterocycles. The number of nitrogens with zero attached hydrogens (tertiary/aromatic N) is 2. The molecule has 5 rings (SSSR count). The Bertz CT molecular complexity index is 1270. The van der Waals surface area contributed by atoms with Crippen LogP contribution in [0, 0.1) is 6.92 Å². The Kier molecular flexibility index (Phi) is 4.28. The number of fused-ring (bicyclic) bond motifs is 2. The van der Waals surface area contributed by atoms with Gasteiger partial charge in [-0.1, -0.05) is 36.4 Å². The molecule has 1 unspecified atom stereocenters. The summed E-state index contributed by atoms with van der Waals surface area (Å²) in [4.78, 5) is 16.8. The Labute approximate surface area is 173 Å². The molecule has 1 amide bonds. The topological polar surface area (TPSA) is 97.1 Å². The lowest BCUT2D eigenvalue weighted by molar-refractivity contribution is 0.0994. The maximum Gasteiger partial charge on any atom is 0.265 e. The summed E-state index contributed by atoms with van der Waals surface area (Å²) < 4.78 is 7.49. The number of furan rings is 1. The van der Waals surface area contributed by atoms with E-state index in [9.17, 15) is 4.79 Å². The van der Waals surface area contributed by atoms with Crippen molar-refractivity contribution >= 4 is 22.9 Å². The lowest BCUT2D eigenvalue weighted by Crippen LogP contribution is -2.30. The van der Waals surface area contributed by atoms with Crippen LogP contribution in [0.25, 0.3) is 5.52 Å². The van der Waals surface area contributed by atoms with E-state index >= 15 is 0 Å². The molecule has 4 aromatic rings. The Morgan fingerprint density at radius 1 is 1.20 bits per heavy atom. The Hall–Kier alpha value is -4.00. The van der Waals surface area contributed by atoms with Crippen LogP contribution in [-0.4, -0.2) is 16.1 Å². The van der Waals surface area contributed by atoms with Gasteiger partial charge in [0.1, 0.15) is 11.9 Å². The standard InChI is InChI=1S/C23H21N5O2/c1-14-13-28-17(8-5-9-18(28)21(24)29)19(14)22-26-16-10-11-30-20(16)23(27-22)25-12-15-6-3-2-4-7-15/h2-11,13,22,26H,12H2,1H3,(H2,24,29)(H,25,27). The number of hydrogen-bond donors (Lipinski definition) is 3. The number of carbonyl (C=O) groups excluding carboxylic acids is 1. The van der Waals surface area contributed by atoms with Gasteiger partial charge >= 0.3 is 0 Å². The second-order valence-corrected chi connectivity index (χ2v) is 7.28. The van der Waals surface area contributed by atoms with Gasteiger partial charge in [-0.05, 0) is 30.2 Å². The lowest BCUT2D eigenvalue weighted by atomic mass is 10.1. The molecule has 4 heterocycles. The number of pyridine rings is 1. The Morgan fingerprint density at radius 2 is 2.03 bits per heavy atom. The zero-order valence-electron chi connectivity index (χ0n) is 16.4. The van der Waals surface area contributed by atoms with E-state index in [0.717, 1.165) is 27.9 Å². The number of rotatable bonds is 4. The summed E-state index contributed by atoms with van der Waals surface area (Å²) in [5.41, 5.74) is 10.9. The highest BCUT2D eigenvalue weighted by molar-refractivity contribution is 6.02. The van der Waals surface area contributed by atoms with Crippen molar-refractivity contribution in [1.82, 2.24) is 9.72 Å². The number of primary amides is 1. The minimum absolute atomic E-state index is 0.332. The highest BCUT2D eigenvalue weighted by atomic mass is 16.3. The number of nitrogens with two attached hydrogens (primary N) is 1. The fraction of sp³-hybridized carbons (Fsp3) is 0.130. The van der Waals surface area contributed by atoms with Crippen LogP contribution >= 0.6 is 0 Å². The van der Waals surface area contributed by atoms with E-state index in [0.29, 0.717) is 23.8 Å². The van der Waals surface area contributed by atoms with E-state index in [2.05, 4.69) is 22.8 Å². The lowest BCUT2D eigenvalue weighted by Gasteiger charge is -2.23. The molecule has 150 valence electrons. The van der Waals surface area contributed by atoms with Crippen molar-refractivity contribution in [2.75, 3.05) is 5.32 Å². The summed E-state index contributed by atoms with van der Waals surface area (Å²) in [6, 6.07) is 17.5. The molecular formula is C23H21N5O2. The molecule has 4 N–H and O–H groups in total. The van der Waals surface area contributed by atoms with Gasteiger partial charge in [-0.3, -0.25) is 4.79 Å². The van der Waals surface area contributed by atoms with Crippen molar-refractivity contribution in [3.63, 3.8) is 0 Å². The number of anilines is 1. The summed E-state index contributed by atoms with van der Waals surface area (Å²) in [5.74, 6) is 0.901. The molecule has 0 spiro atoms. The number of aryl methyl sites for hydroxylation is 1. The molecule has 1 aliphatic heterocycles. The predicted octanol–water partition coefficient (Wildman–Crippen LogP) is 3.60. The smallest absolute Gasteiger partial charge is 0.265 e. The van der Waals surface area contributed by atoms with E-state index < -0.39 is 5.91 Å². The molecule has 1 aromatic carbocycles. The van der Waals surface area contributed by atoms with E-state index in [1.165, 1.54) is 0 Å². The van der Waals surface area contributed by atoms with E-state index in [1.807, 2.05) is 53.9 Å². The first-order valence-electron chi connectivity index (χ1n) is 9.72. The number of aliphatic imine (C=N–C) groups is 1. The summed E-state index contributed by atoms with van der Waals surface area (Å²) in [5, 5.41) is 6.84. The summed E-state index contributed by atoms with van der Waals surface area (Å²) >= 11 is 0. The van der Waals surface area contributed by atoms with Gasteiger partial charge < -0.3 is 25.2 Å². The van der Waals surface area contributed by atoms with Crippen LogP contribution in [-0.2, 0) is 6.54 Å². The van der Waals surface area contributed by atoms with Gasteiger partial charge in [-0.25, -0.2) is 4.99 Å². The molecule has 3 aromatic heterocycles. The van der Waals surface area contributed by atoms with Crippen LogP contribution in [0.5, 0.6) is 0 Å². The van der Waals surface area contributed by atoms with Gasteiger partial charge in [0.2, 0.25) is 0 Å². The van der Waals surface area contributed by atoms with Crippen LogP contribution in [0.15, 0.2) is 76.5 Å². The van der Waals surface area contributed by atoms with Crippen LogP contribution in [0.3, 0.4) is 0 Å². The van der Waals surface area contributed by atoms with E-state index in [-0.39, 0.29) is 6.17 Å². The van der Waals surface area contributed by atoms with Crippen LogP contribution in [0.1, 0.15) is 39.1 Å². The second kappa shape index (κ2) is 7.11. The maximum absolute atomic E-state index is 11.8. The molecule has 0 aliphatic carbocycles. The maximum atomic E-state index is 11.8. The van der Waals surface area contributed by atoms with Gasteiger partial charge in [0.15, 0.2) is 11.6 Å².